The molecule has 2 saturated heterocycles. The van der Waals surface area contributed by atoms with Crippen molar-refractivity contribution in [1.82, 2.24) is 15.1 Å². The largest absolute Gasteiger partial charge is 0.377 e. The predicted octanol–water partition coefficient (Wildman–Crippen LogP) is 3.91. The summed E-state index contributed by atoms with van der Waals surface area (Å²) in [5.74, 6) is -0.155. The highest BCUT2D eigenvalue weighted by molar-refractivity contribution is 5.97. The first kappa shape index (κ1) is 29.2. The molecule has 2 aliphatic heterocycles. The van der Waals surface area contributed by atoms with Crippen LogP contribution in [0.25, 0.3) is 0 Å². The van der Waals surface area contributed by atoms with Gasteiger partial charge in [0.1, 0.15) is 6.04 Å². The molecular formula is C33H43N5O3. The Kier molecular flexibility index (Phi) is 9.71. The molecule has 3 N–H and O–H groups in total. The van der Waals surface area contributed by atoms with Gasteiger partial charge in [-0.05, 0) is 88.1 Å². The number of benzene rings is 2. The van der Waals surface area contributed by atoms with Crippen LogP contribution in [-0.4, -0.2) is 71.6 Å². The standard InChI is InChI=1S/C33H43N5O3/c1-23-4-10-26(11-5-23)33(40)38-17-16-29(19-31(38)32(39)36-28-14-12-27(35)13-15-28)37(22-30-3-2-18-41-30)21-25-8-6-24(20-34)7-9-25/h4-11,27-31H,2-3,12-19,21-22,35H2,1H3,(H,36,39)/t27?,28?,29?,30?,31-/m1/s1. The van der Waals surface area contributed by atoms with Crippen LogP contribution in [0.5, 0.6) is 0 Å². The number of nitriles is 1. The molecule has 0 spiro atoms. The van der Waals surface area contributed by atoms with E-state index in [1.165, 1.54) is 0 Å². The minimum atomic E-state index is -0.550. The lowest BCUT2D eigenvalue weighted by molar-refractivity contribution is -0.128. The van der Waals surface area contributed by atoms with Crippen molar-refractivity contribution in [2.24, 2.45) is 5.73 Å². The van der Waals surface area contributed by atoms with Gasteiger partial charge in [-0.1, -0.05) is 29.8 Å². The third-order valence-electron chi connectivity index (χ3n) is 9.00. The predicted molar refractivity (Wildman–Crippen MR) is 158 cm³/mol. The second kappa shape index (κ2) is 13.6. The maximum absolute atomic E-state index is 13.9. The van der Waals surface area contributed by atoms with Crippen LogP contribution in [0.2, 0.25) is 0 Å². The second-order valence-corrected chi connectivity index (χ2v) is 12.1. The highest BCUT2D eigenvalue weighted by atomic mass is 16.5. The van der Waals surface area contributed by atoms with E-state index >= 15 is 0 Å². The van der Waals surface area contributed by atoms with Crippen LogP contribution in [0.3, 0.4) is 0 Å². The molecule has 1 aliphatic carbocycles. The number of hydrogen-bond donors (Lipinski definition) is 2. The summed E-state index contributed by atoms with van der Waals surface area (Å²) in [6, 6.07) is 17.4. The van der Waals surface area contributed by atoms with Gasteiger partial charge in [0.25, 0.3) is 5.91 Å². The quantitative estimate of drug-likeness (QED) is 0.509. The number of piperidine rings is 1. The molecule has 5 rings (SSSR count). The molecule has 0 aromatic heterocycles. The molecule has 2 amide bonds. The number of carbonyl (C=O) groups is 2. The van der Waals surface area contributed by atoms with E-state index in [4.69, 9.17) is 10.5 Å². The summed E-state index contributed by atoms with van der Waals surface area (Å²) < 4.78 is 6.02. The van der Waals surface area contributed by atoms with Crippen LogP contribution in [0, 0.1) is 18.3 Å². The molecule has 1 saturated carbocycles. The normalized spacial score (nSPS) is 26.5. The highest BCUT2D eigenvalue weighted by Gasteiger charge is 2.40. The van der Waals surface area contributed by atoms with Crippen LogP contribution in [0.1, 0.15) is 78.4 Å². The summed E-state index contributed by atoms with van der Waals surface area (Å²) in [6.07, 6.45) is 7.17. The number of aryl methyl sites for hydroxylation is 1. The summed E-state index contributed by atoms with van der Waals surface area (Å²) in [5, 5.41) is 12.5. The first-order valence-corrected chi connectivity index (χ1v) is 15.2. The number of carbonyl (C=O) groups excluding carboxylic acids is 2. The van der Waals surface area contributed by atoms with Gasteiger partial charge in [-0.15, -0.1) is 0 Å². The van der Waals surface area contributed by atoms with Crippen LogP contribution in [0.4, 0.5) is 0 Å². The topological polar surface area (TPSA) is 112 Å². The molecule has 2 heterocycles. The first-order valence-electron chi connectivity index (χ1n) is 15.2. The van der Waals surface area contributed by atoms with Crippen molar-refractivity contribution in [3.05, 3.63) is 70.8 Å². The third kappa shape index (κ3) is 7.53. The Morgan fingerprint density at radius 1 is 1.05 bits per heavy atom. The molecule has 2 aromatic rings. The Bertz CT molecular complexity index is 1210. The van der Waals surface area contributed by atoms with Crippen molar-refractivity contribution in [3.63, 3.8) is 0 Å². The maximum atomic E-state index is 13.9. The zero-order valence-electron chi connectivity index (χ0n) is 24.1. The number of nitrogens with one attached hydrogen (secondary N) is 1. The zero-order valence-corrected chi connectivity index (χ0v) is 24.1. The number of ether oxygens (including phenoxy) is 1. The van der Waals surface area contributed by atoms with E-state index in [9.17, 15) is 14.9 Å². The van der Waals surface area contributed by atoms with E-state index in [-0.39, 0.29) is 36.0 Å². The highest BCUT2D eigenvalue weighted by Crippen LogP contribution is 2.28. The molecule has 2 unspecified atom stereocenters. The summed E-state index contributed by atoms with van der Waals surface area (Å²) >= 11 is 0. The van der Waals surface area contributed by atoms with Crippen LogP contribution in [0.15, 0.2) is 48.5 Å². The van der Waals surface area contributed by atoms with Gasteiger partial charge in [0.05, 0.1) is 17.7 Å². The molecule has 218 valence electrons. The van der Waals surface area contributed by atoms with Gasteiger partial charge in [0, 0.05) is 49.9 Å². The van der Waals surface area contributed by atoms with E-state index in [1.54, 1.807) is 4.90 Å². The minimum absolute atomic E-state index is 0.0638. The molecule has 8 heteroatoms. The lowest BCUT2D eigenvalue weighted by atomic mass is 9.90. The van der Waals surface area contributed by atoms with Gasteiger partial charge >= 0.3 is 0 Å². The van der Waals surface area contributed by atoms with E-state index in [0.29, 0.717) is 30.6 Å². The smallest absolute Gasteiger partial charge is 0.254 e. The summed E-state index contributed by atoms with van der Waals surface area (Å²) in [4.78, 5) is 31.8. The molecule has 41 heavy (non-hydrogen) atoms. The van der Waals surface area contributed by atoms with Crippen LogP contribution >= 0.6 is 0 Å². The SMILES string of the molecule is Cc1ccc(C(=O)N2CCC(N(Cc3ccc(C#N)cc3)CC3CCCO3)C[C@@H]2C(=O)NC2CCC(N)CC2)cc1. The molecule has 0 radical (unpaired) electrons. The number of likely N-dealkylation sites (tertiary alicyclic amines) is 1. The second-order valence-electron chi connectivity index (χ2n) is 12.1. The van der Waals surface area contributed by atoms with Crippen molar-refractivity contribution in [2.45, 2.75) is 95.1 Å². The minimum Gasteiger partial charge on any atom is -0.377 e. The summed E-state index contributed by atoms with van der Waals surface area (Å²) in [5.41, 5.74) is 9.58. The van der Waals surface area contributed by atoms with E-state index in [2.05, 4.69) is 16.3 Å². The lowest BCUT2D eigenvalue weighted by Crippen LogP contribution is -2.59. The fourth-order valence-corrected chi connectivity index (χ4v) is 6.50. The van der Waals surface area contributed by atoms with Crippen LogP contribution in [-0.2, 0) is 16.1 Å². The number of hydrogen-bond acceptors (Lipinski definition) is 6. The van der Waals surface area contributed by atoms with Crippen LogP contribution < -0.4 is 11.1 Å². The Morgan fingerprint density at radius 2 is 1.78 bits per heavy atom. The molecule has 3 atom stereocenters. The van der Waals surface area contributed by atoms with Gasteiger partial charge < -0.3 is 20.7 Å². The van der Waals surface area contributed by atoms with Gasteiger partial charge in [-0.25, -0.2) is 0 Å². The molecular weight excluding hydrogens is 514 g/mol. The van der Waals surface area contributed by atoms with Crippen molar-refractivity contribution in [2.75, 3.05) is 19.7 Å². The molecule has 0 bridgehead atoms. The first-order chi connectivity index (χ1) is 19.9. The van der Waals surface area contributed by atoms with Crippen molar-refractivity contribution < 1.29 is 14.3 Å². The van der Waals surface area contributed by atoms with Gasteiger partial charge in [-0.3, -0.25) is 14.5 Å². The number of rotatable bonds is 8. The van der Waals surface area contributed by atoms with Crippen molar-refractivity contribution in [3.8, 4) is 6.07 Å². The van der Waals surface area contributed by atoms with E-state index < -0.39 is 6.04 Å². The van der Waals surface area contributed by atoms with E-state index in [0.717, 1.165) is 69.2 Å². The Morgan fingerprint density at radius 3 is 2.44 bits per heavy atom. The molecule has 2 aromatic carbocycles. The maximum Gasteiger partial charge on any atom is 0.254 e. The zero-order chi connectivity index (χ0) is 28.8. The number of nitrogens with two attached hydrogens (primary N) is 1. The van der Waals surface area contributed by atoms with Gasteiger partial charge in [0.2, 0.25) is 5.91 Å². The average molecular weight is 558 g/mol. The molecule has 3 fully saturated rings. The van der Waals surface area contributed by atoms with E-state index in [1.807, 2.05) is 55.5 Å². The summed E-state index contributed by atoms with van der Waals surface area (Å²) in [6.45, 7) is 4.79. The Hall–Kier alpha value is -3.25. The van der Waals surface area contributed by atoms with Gasteiger partial charge in [-0.2, -0.15) is 5.26 Å². The fourth-order valence-electron chi connectivity index (χ4n) is 6.50. The fraction of sp³-hybridized carbons (Fsp3) is 0.545. The third-order valence-corrected chi connectivity index (χ3v) is 9.00. The average Bonchev–Trinajstić information content (AvgIpc) is 3.51. The Labute approximate surface area is 243 Å². The number of amides is 2. The monoisotopic (exact) mass is 557 g/mol. The van der Waals surface area contributed by atoms with Gasteiger partial charge in [0.15, 0.2) is 0 Å². The summed E-state index contributed by atoms with van der Waals surface area (Å²) in [7, 11) is 0. The Balaban J connectivity index is 1.37. The molecule has 8 nitrogen and oxygen atoms in total. The van der Waals surface area contributed by atoms with Crippen molar-refractivity contribution >= 4 is 11.8 Å². The lowest BCUT2D eigenvalue weighted by Gasteiger charge is -2.44. The molecule has 3 aliphatic rings. The van der Waals surface area contributed by atoms with Crippen molar-refractivity contribution in [1.29, 1.82) is 5.26 Å². The number of nitrogens with zero attached hydrogens (tertiary/aromatic N) is 3.